The number of hydrogen-bond donors (Lipinski definition) is 1. The summed E-state index contributed by atoms with van der Waals surface area (Å²) < 4.78 is 5.79. The Morgan fingerprint density at radius 1 is 1.63 bits per heavy atom. The van der Waals surface area contributed by atoms with Gasteiger partial charge in [0.1, 0.15) is 5.40 Å². The van der Waals surface area contributed by atoms with Crippen molar-refractivity contribution in [2.45, 2.75) is 11.3 Å². The fourth-order valence-corrected chi connectivity index (χ4v) is 2.87. The van der Waals surface area contributed by atoms with Gasteiger partial charge in [-0.2, -0.15) is 5.26 Å². The van der Waals surface area contributed by atoms with Gasteiger partial charge < -0.3 is 10.1 Å². The number of fused-ring (bicyclic) bond motifs is 1. The van der Waals surface area contributed by atoms with E-state index in [2.05, 4.69) is 10.3 Å². The molecule has 1 heterocycles. The summed E-state index contributed by atoms with van der Waals surface area (Å²) in [7, 11) is 1.55. The number of rotatable bonds is 5. The maximum Gasteiger partial charge on any atom is 0.228 e. The summed E-state index contributed by atoms with van der Waals surface area (Å²) in [4.78, 5) is 16.7. The van der Waals surface area contributed by atoms with Gasteiger partial charge in [0.05, 0.1) is 23.2 Å². The molecule has 1 amide bonds. The molecule has 2 rings (SSSR count). The number of thiazole rings is 1. The molecule has 0 saturated carbocycles. The van der Waals surface area contributed by atoms with E-state index in [9.17, 15) is 4.79 Å². The molecule has 0 spiro atoms. The largest absolute Gasteiger partial charge is 0.384 e. The molecule has 0 aliphatic rings. The van der Waals surface area contributed by atoms with Gasteiger partial charge in [-0.25, -0.2) is 4.98 Å². The highest BCUT2D eigenvalue weighted by atomic mass is 32.2. The molecule has 0 saturated heterocycles. The molecule has 0 aliphatic carbocycles. The van der Waals surface area contributed by atoms with Gasteiger partial charge in [0.2, 0.25) is 5.91 Å². The van der Waals surface area contributed by atoms with Crippen LogP contribution in [0.3, 0.4) is 0 Å². The predicted octanol–water partition coefficient (Wildman–Crippen LogP) is 2.84. The molecule has 5 nitrogen and oxygen atoms in total. The Morgan fingerprint density at radius 3 is 3.21 bits per heavy atom. The minimum atomic E-state index is -0.118. The standard InChI is InChI=1S/C12H11N3O2S2/c1-17-5-4-11(16)15-12-14-9-3-2-8(18-7-13)6-10(9)19-12/h2-3,6H,4-5H2,1H3,(H,14,15,16). The molecule has 98 valence electrons. The molecule has 0 unspecified atom stereocenters. The number of benzene rings is 1. The van der Waals surface area contributed by atoms with Crippen molar-refractivity contribution >= 4 is 44.4 Å². The highest BCUT2D eigenvalue weighted by Crippen LogP contribution is 2.29. The zero-order valence-corrected chi connectivity index (χ0v) is 11.8. The maximum atomic E-state index is 11.5. The van der Waals surface area contributed by atoms with Crippen LogP contribution in [-0.2, 0) is 9.53 Å². The van der Waals surface area contributed by atoms with E-state index in [0.29, 0.717) is 18.2 Å². The number of thiocyanates is 1. The minimum Gasteiger partial charge on any atom is -0.384 e. The molecule has 19 heavy (non-hydrogen) atoms. The first-order valence-electron chi connectivity index (χ1n) is 5.48. The van der Waals surface area contributed by atoms with E-state index in [4.69, 9.17) is 10.00 Å². The monoisotopic (exact) mass is 293 g/mol. The SMILES string of the molecule is COCCC(=O)Nc1nc2ccc(SC#N)cc2s1. The van der Waals surface area contributed by atoms with Crippen molar-refractivity contribution < 1.29 is 9.53 Å². The highest BCUT2D eigenvalue weighted by Gasteiger charge is 2.08. The van der Waals surface area contributed by atoms with Gasteiger partial charge in [0.25, 0.3) is 0 Å². The summed E-state index contributed by atoms with van der Waals surface area (Å²) in [5.74, 6) is -0.118. The van der Waals surface area contributed by atoms with E-state index < -0.39 is 0 Å². The summed E-state index contributed by atoms with van der Waals surface area (Å²) in [6.07, 6.45) is 0.307. The average molecular weight is 293 g/mol. The van der Waals surface area contributed by atoms with E-state index >= 15 is 0 Å². The number of carbonyl (C=O) groups excluding carboxylic acids is 1. The molecule has 2 aromatic rings. The molecule has 1 N–H and O–H groups in total. The van der Waals surface area contributed by atoms with Crippen LogP contribution < -0.4 is 5.32 Å². The van der Waals surface area contributed by atoms with Gasteiger partial charge in [-0.05, 0) is 30.0 Å². The number of ether oxygens (including phenoxy) is 1. The molecular weight excluding hydrogens is 282 g/mol. The number of nitrogens with one attached hydrogen (secondary N) is 1. The predicted molar refractivity (Wildman–Crippen MR) is 76.2 cm³/mol. The molecule has 7 heteroatoms. The normalized spacial score (nSPS) is 10.3. The smallest absolute Gasteiger partial charge is 0.228 e. The molecule has 0 bridgehead atoms. The number of anilines is 1. The van der Waals surface area contributed by atoms with Gasteiger partial charge in [-0.15, -0.1) is 0 Å². The third-order valence-electron chi connectivity index (χ3n) is 2.30. The number of aromatic nitrogens is 1. The Kier molecular flexibility index (Phi) is 4.74. The van der Waals surface area contributed by atoms with E-state index in [0.717, 1.165) is 26.9 Å². The quantitative estimate of drug-likeness (QED) is 0.677. The molecular formula is C12H11N3O2S2. The van der Waals surface area contributed by atoms with Crippen LogP contribution in [0.4, 0.5) is 5.13 Å². The van der Waals surface area contributed by atoms with Crippen LogP contribution in [0.1, 0.15) is 6.42 Å². The molecule has 0 fully saturated rings. The second-order valence-corrected chi connectivity index (χ2v) is 5.52. The van der Waals surface area contributed by atoms with Crippen molar-refractivity contribution in [3.05, 3.63) is 18.2 Å². The lowest BCUT2D eigenvalue weighted by Crippen LogP contribution is -2.13. The second-order valence-electron chi connectivity index (χ2n) is 3.63. The number of amides is 1. The van der Waals surface area contributed by atoms with E-state index in [1.807, 2.05) is 23.6 Å². The number of nitriles is 1. The van der Waals surface area contributed by atoms with Crippen molar-refractivity contribution in [2.75, 3.05) is 19.0 Å². The van der Waals surface area contributed by atoms with Gasteiger partial charge in [-0.3, -0.25) is 4.79 Å². The lowest BCUT2D eigenvalue weighted by molar-refractivity contribution is -0.117. The van der Waals surface area contributed by atoms with Crippen LogP contribution in [0.25, 0.3) is 10.2 Å². The Morgan fingerprint density at radius 2 is 2.47 bits per heavy atom. The summed E-state index contributed by atoms with van der Waals surface area (Å²) in [6.45, 7) is 0.389. The van der Waals surface area contributed by atoms with E-state index in [1.165, 1.54) is 11.3 Å². The average Bonchev–Trinajstić information content (AvgIpc) is 2.78. The van der Waals surface area contributed by atoms with Crippen molar-refractivity contribution in [3.8, 4) is 5.40 Å². The van der Waals surface area contributed by atoms with E-state index in [1.54, 1.807) is 7.11 Å². The van der Waals surface area contributed by atoms with Crippen molar-refractivity contribution in [2.24, 2.45) is 0 Å². The van der Waals surface area contributed by atoms with Crippen LogP contribution >= 0.6 is 23.1 Å². The van der Waals surface area contributed by atoms with E-state index in [-0.39, 0.29) is 5.91 Å². The van der Waals surface area contributed by atoms with Gasteiger partial charge in [0, 0.05) is 12.0 Å². The number of nitrogens with zero attached hydrogens (tertiary/aromatic N) is 2. The number of methoxy groups -OCH3 is 1. The summed E-state index contributed by atoms with van der Waals surface area (Å²) in [5.41, 5.74) is 0.814. The first-order chi connectivity index (χ1) is 9.22. The van der Waals surface area contributed by atoms with Gasteiger partial charge in [0.15, 0.2) is 5.13 Å². The van der Waals surface area contributed by atoms with Crippen LogP contribution in [0.2, 0.25) is 0 Å². The summed E-state index contributed by atoms with van der Waals surface area (Å²) >= 11 is 2.50. The fourth-order valence-electron chi connectivity index (χ4n) is 1.45. The lowest BCUT2D eigenvalue weighted by atomic mass is 10.3. The topological polar surface area (TPSA) is 75.0 Å². The fraction of sp³-hybridized carbons (Fsp3) is 0.250. The van der Waals surface area contributed by atoms with Crippen LogP contribution in [0, 0.1) is 10.7 Å². The Hall–Kier alpha value is -1.62. The number of carbonyl (C=O) groups is 1. The van der Waals surface area contributed by atoms with Gasteiger partial charge in [-0.1, -0.05) is 11.3 Å². The van der Waals surface area contributed by atoms with Crippen molar-refractivity contribution in [1.29, 1.82) is 5.26 Å². The highest BCUT2D eigenvalue weighted by molar-refractivity contribution is 8.03. The Bertz CT molecular complexity index is 633. The second kappa shape index (κ2) is 6.52. The number of thioether (sulfide) groups is 1. The molecule has 0 atom stereocenters. The lowest BCUT2D eigenvalue weighted by Gasteiger charge is -1.99. The summed E-state index contributed by atoms with van der Waals surface area (Å²) in [6, 6.07) is 5.58. The zero-order chi connectivity index (χ0) is 13.7. The Balaban J connectivity index is 2.13. The molecule has 0 aliphatic heterocycles. The maximum absolute atomic E-state index is 11.5. The Labute approximate surface area is 118 Å². The first kappa shape index (κ1) is 13.8. The zero-order valence-electron chi connectivity index (χ0n) is 10.2. The minimum absolute atomic E-state index is 0.118. The molecule has 1 aromatic heterocycles. The third-order valence-corrected chi connectivity index (χ3v) is 3.82. The van der Waals surface area contributed by atoms with Crippen LogP contribution in [0.15, 0.2) is 23.1 Å². The number of hydrogen-bond acceptors (Lipinski definition) is 6. The third kappa shape index (κ3) is 3.67. The summed E-state index contributed by atoms with van der Waals surface area (Å²) in [5, 5.41) is 14.0. The van der Waals surface area contributed by atoms with Crippen LogP contribution in [0.5, 0.6) is 0 Å². The van der Waals surface area contributed by atoms with Crippen molar-refractivity contribution in [1.82, 2.24) is 4.98 Å². The van der Waals surface area contributed by atoms with Crippen LogP contribution in [-0.4, -0.2) is 24.6 Å². The van der Waals surface area contributed by atoms with Gasteiger partial charge >= 0.3 is 0 Å². The molecule has 1 aromatic carbocycles. The first-order valence-corrected chi connectivity index (χ1v) is 7.11. The van der Waals surface area contributed by atoms with Crippen molar-refractivity contribution in [3.63, 3.8) is 0 Å². The molecule has 0 radical (unpaired) electrons.